The number of rotatable bonds is 3. The van der Waals surface area contributed by atoms with Crippen LogP contribution in [-0.4, -0.2) is 43.7 Å². The van der Waals surface area contributed by atoms with E-state index in [0.29, 0.717) is 44.2 Å². The topological polar surface area (TPSA) is 38.8 Å². The lowest BCUT2D eigenvalue weighted by Gasteiger charge is -2.27. The molecule has 0 aliphatic carbocycles. The highest BCUT2D eigenvalue weighted by Gasteiger charge is 2.22. The van der Waals surface area contributed by atoms with E-state index < -0.39 is 0 Å². The van der Waals surface area contributed by atoms with Gasteiger partial charge in [-0.15, -0.1) is 0 Å². The van der Waals surface area contributed by atoms with E-state index in [0.717, 1.165) is 10.8 Å². The standard InChI is InChI=1S/C17H19NO3/c1-2-21-16-12-14-6-4-3-5-13(14)11-15(16)17(19)18-7-9-20-10-8-18/h3-6,11-12H,2,7-10H2,1H3. The summed E-state index contributed by atoms with van der Waals surface area (Å²) in [5.41, 5.74) is 0.637. The first-order chi connectivity index (χ1) is 10.3. The number of carbonyl (C=O) groups excluding carboxylic acids is 1. The molecule has 1 aliphatic rings. The van der Waals surface area contributed by atoms with E-state index in [9.17, 15) is 4.79 Å². The zero-order valence-corrected chi connectivity index (χ0v) is 12.2. The van der Waals surface area contributed by atoms with Crippen LogP contribution in [0.2, 0.25) is 0 Å². The number of benzene rings is 2. The second-order valence-corrected chi connectivity index (χ2v) is 5.03. The zero-order chi connectivity index (χ0) is 14.7. The normalized spacial score (nSPS) is 15.2. The first-order valence-corrected chi connectivity index (χ1v) is 7.32. The molecule has 110 valence electrons. The summed E-state index contributed by atoms with van der Waals surface area (Å²) in [7, 11) is 0. The van der Waals surface area contributed by atoms with E-state index in [1.54, 1.807) is 0 Å². The number of ether oxygens (including phenoxy) is 2. The molecule has 0 radical (unpaired) electrons. The van der Waals surface area contributed by atoms with Crippen LogP contribution in [0, 0.1) is 0 Å². The predicted octanol–water partition coefficient (Wildman–Crippen LogP) is 2.71. The highest BCUT2D eigenvalue weighted by molar-refractivity contribution is 6.01. The van der Waals surface area contributed by atoms with Crippen molar-refractivity contribution in [1.29, 1.82) is 0 Å². The average Bonchev–Trinajstić information content (AvgIpc) is 2.55. The van der Waals surface area contributed by atoms with Gasteiger partial charge in [-0.25, -0.2) is 0 Å². The van der Waals surface area contributed by atoms with E-state index in [1.807, 2.05) is 48.2 Å². The Labute approximate surface area is 124 Å². The third-order valence-corrected chi connectivity index (χ3v) is 3.68. The minimum atomic E-state index is 0.0208. The lowest BCUT2D eigenvalue weighted by atomic mass is 10.0. The van der Waals surface area contributed by atoms with E-state index in [-0.39, 0.29) is 5.91 Å². The Bertz CT molecular complexity index is 648. The van der Waals surface area contributed by atoms with Gasteiger partial charge in [0.05, 0.1) is 25.4 Å². The minimum Gasteiger partial charge on any atom is -0.493 e. The highest BCUT2D eigenvalue weighted by atomic mass is 16.5. The second-order valence-electron chi connectivity index (χ2n) is 5.03. The van der Waals surface area contributed by atoms with Crippen LogP contribution in [0.3, 0.4) is 0 Å². The fourth-order valence-electron chi connectivity index (χ4n) is 2.60. The first kappa shape index (κ1) is 13.9. The molecule has 1 heterocycles. The Morgan fingerprint density at radius 3 is 2.52 bits per heavy atom. The summed E-state index contributed by atoms with van der Waals surface area (Å²) in [6.07, 6.45) is 0. The highest BCUT2D eigenvalue weighted by Crippen LogP contribution is 2.27. The molecule has 1 saturated heterocycles. The predicted molar refractivity (Wildman–Crippen MR) is 81.8 cm³/mol. The molecule has 1 fully saturated rings. The molecule has 0 aromatic heterocycles. The van der Waals surface area contributed by atoms with Gasteiger partial charge in [-0.05, 0) is 29.8 Å². The molecule has 0 N–H and O–H groups in total. The molecule has 0 saturated carbocycles. The van der Waals surface area contributed by atoms with Crippen LogP contribution < -0.4 is 4.74 Å². The van der Waals surface area contributed by atoms with Crippen LogP contribution in [0.15, 0.2) is 36.4 Å². The number of fused-ring (bicyclic) bond motifs is 1. The number of nitrogens with zero attached hydrogens (tertiary/aromatic N) is 1. The molecule has 3 rings (SSSR count). The average molecular weight is 285 g/mol. The monoisotopic (exact) mass is 285 g/mol. The Kier molecular flexibility index (Phi) is 4.06. The lowest BCUT2D eigenvalue weighted by molar-refractivity contribution is 0.0300. The van der Waals surface area contributed by atoms with Crippen molar-refractivity contribution in [2.75, 3.05) is 32.9 Å². The lowest BCUT2D eigenvalue weighted by Crippen LogP contribution is -2.40. The summed E-state index contributed by atoms with van der Waals surface area (Å²) in [5, 5.41) is 2.14. The number of carbonyl (C=O) groups is 1. The van der Waals surface area contributed by atoms with Gasteiger partial charge in [-0.2, -0.15) is 0 Å². The van der Waals surface area contributed by atoms with Gasteiger partial charge in [0.1, 0.15) is 5.75 Å². The number of hydrogen-bond donors (Lipinski definition) is 0. The van der Waals surface area contributed by atoms with Crippen molar-refractivity contribution in [2.45, 2.75) is 6.92 Å². The van der Waals surface area contributed by atoms with Gasteiger partial charge in [0, 0.05) is 13.1 Å². The Morgan fingerprint density at radius 1 is 1.19 bits per heavy atom. The number of amides is 1. The van der Waals surface area contributed by atoms with Gasteiger partial charge in [-0.3, -0.25) is 4.79 Å². The zero-order valence-electron chi connectivity index (χ0n) is 12.2. The Hall–Kier alpha value is -2.07. The Morgan fingerprint density at radius 2 is 1.86 bits per heavy atom. The van der Waals surface area contributed by atoms with Crippen molar-refractivity contribution >= 4 is 16.7 Å². The molecule has 4 heteroatoms. The van der Waals surface area contributed by atoms with E-state index >= 15 is 0 Å². The van der Waals surface area contributed by atoms with Gasteiger partial charge in [0.25, 0.3) is 5.91 Å². The second kappa shape index (κ2) is 6.14. The maximum atomic E-state index is 12.7. The molecule has 1 amide bonds. The van der Waals surface area contributed by atoms with Crippen LogP contribution >= 0.6 is 0 Å². The van der Waals surface area contributed by atoms with Crippen molar-refractivity contribution in [1.82, 2.24) is 4.90 Å². The molecular formula is C17H19NO3. The van der Waals surface area contributed by atoms with Crippen molar-refractivity contribution < 1.29 is 14.3 Å². The summed E-state index contributed by atoms with van der Waals surface area (Å²) in [5.74, 6) is 0.681. The van der Waals surface area contributed by atoms with Crippen LogP contribution in [0.25, 0.3) is 10.8 Å². The summed E-state index contributed by atoms with van der Waals surface area (Å²) in [4.78, 5) is 14.6. The van der Waals surface area contributed by atoms with Crippen molar-refractivity contribution in [3.63, 3.8) is 0 Å². The molecule has 0 bridgehead atoms. The fraction of sp³-hybridized carbons (Fsp3) is 0.353. The molecule has 2 aromatic carbocycles. The van der Waals surface area contributed by atoms with Crippen molar-refractivity contribution in [3.05, 3.63) is 42.0 Å². The molecule has 4 nitrogen and oxygen atoms in total. The molecule has 21 heavy (non-hydrogen) atoms. The molecule has 0 spiro atoms. The molecule has 0 unspecified atom stereocenters. The van der Waals surface area contributed by atoms with Gasteiger partial charge < -0.3 is 14.4 Å². The van der Waals surface area contributed by atoms with Crippen molar-refractivity contribution in [3.8, 4) is 5.75 Å². The Balaban J connectivity index is 2.01. The van der Waals surface area contributed by atoms with Crippen LogP contribution in [-0.2, 0) is 4.74 Å². The van der Waals surface area contributed by atoms with Crippen LogP contribution in [0.4, 0.5) is 0 Å². The maximum absolute atomic E-state index is 12.7. The first-order valence-electron chi connectivity index (χ1n) is 7.32. The molecule has 2 aromatic rings. The smallest absolute Gasteiger partial charge is 0.257 e. The van der Waals surface area contributed by atoms with Gasteiger partial charge in [0.2, 0.25) is 0 Å². The van der Waals surface area contributed by atoms with Gasteiger partial charge in [-0.1, -0.05) is 24.3 Å². The van der Waals surface area contributed by atoms with E-state index in [4.69, 9.17) is 9.47 Å². The number of hydrogen-bond acceptors (Lipinski definition) is 3. The quantitative estimate of drug-likeness (QED) is 0.870. The van der Waals surface area contributed by atoms with Gasteiger partial charge >= 0.3 is 0 Å². The molecule has 1 aliphatic heterocycles. The third-order valence-electron chi connectivity index (χ3n) is 3.68. The fourth-order valence-corrected chi connectivity index (χ4v) is 2.60. The summed E-state index contributed by atoms with van der Waals surface area (Å²) in [6.45, 7) is 4.95. The van der Waals surface area contributed by atoms with Gasteiger partial charge in [0.15, 0.2) is 0 Å². The summed E-state index contributed by atoms with van der Waals surface area (Å²) < 4.78 is 11.0. The van der Waals surface area contributed by atoms with Crippen LogP contribution in [0.5, 0.6) is 5.75 Å². The van der Waals surface area contributed by atoms with E-state index in [2.05, 4.69) is 0 Å². The SMILES string of the molecule is CCOc1cc2ccccc2cc1C(=O)N1CCOCC1. The van der Waals surface area contributed by atoms with E-state index in [1.165, 1.54) is 0 Å². The number of morpholine rings is 1. The summed E-state index contributed by atoms with van der Waals surface area (Å²) in [6, 6.07) is 11.9. The molecular weight excluding hydrogens is 266 g/mol. The third kappa shape index (κ3) is 2.85. The largest absolute Gasteiger partial charge is 0.493 e. The molecule has 0 atom stereocenters. The summed E-state index contributed by atoms with van der Waals surface area (Å²) >= 11 is 0. The minimum absolute atomic E-state index is 0.0208. The van der Waals surface area contributed by atoms with Crippen molar-refractivity contribution in [2.24, 2.45) is 0 Å². The maximum Gasteiger partial charge on any atom is 0.257 e. The van der Waals surface area contributed by atoms with Crippen LogP contribution in [0.1, 0.15) is 17.3 Å².